The summed E-state index contributed by atoms with van der Waals surface area (Å²) >= 11 is 7.42. The van der Waals surface area contributed by atoms with Crippen molar-refractivity contribution in [3.63, 3.8) is 0 Å². The first-order valence-corrected chi connectivity index (χ1v) is 6.08. The number of methoxy groups -OCH3 is 1. The third-order valence-corrected chi connectivity index (χ3v) is 3.27. The Hall–Kier alpha value is -1.46. The molecule has 0 fully saturated rings. The van der Waals surface area contributed by atoms with Crippen LogP contribution >= 0.6 is 22.9 Å². The maximum Gasteiger partial charge on any atom is 0.311 e. The van der Waals surface area contributed by atoms with E-state index in [0.29, 0.717) is 21.4 Å². The van der Waals surface area contributed by atoms with Crippen LogP contribution in [0.15, 0.2) is 23.7 Å². The van der Waals surface area contributed by atoms with E-state index in [1.54, 1.807) is 23.7 Å². The van der Waals surface area contributed by atoms with Crippen molar-refractivity contribution < 1.29 is 9.53 Å². The van der Waals surface area contributed by atoms with Gasteiger partial charge in [0.2, 0.25) is 0 Å². The van der Waals surface area contributed by atoms with Crippen molar-refractivity contribution in [2.24, 2.45) is 0 Å². The van der Waals surface area contributed by atoms with Gasteiger partial charge < -0.3 is 4.74 Å². The van der Waals surface area contributed by atoms with Crippen LogP contribution in [0.25, 0.3) is 10.7 Å². The van der Waals surface area contributed by atoms with E-state index in [9.17, 15) is 4.79 Å². The number of aromatic nitrogens is 2. The van der Waals surface area contributed by atoms with Gasteiger partial charge in [0.05, 0.1) is 24.2 Å². The van der Waals surface area contributed by atoms with Crippen molar-refractivity contribution in [3.05, 3.63) is 34.4 Å². The topological polar surface area (TPSA) is 52.1 Å². The zero-order valence-corrected chi connectivity index (χ0v) is 10.6. The molecule has 0 saturated carbocycles. The van der Waals surface area contributed by atoms with Crippen molar-refractivity contribution in [2.45, 2.75) is 6.42 Å². The highest BCUT2D eigenvalue weighted by atomic mass is 35.5. The predicted octanol–water partition coefficient (Wildman–Crippen LogP) is 2.57. The fourth-order valence-corrected chi connectivity index (χ4v) is 2.36. The third kappa shape index (κ3) is 2.81. The zero-order chi connectivity index (χ0) is 12.3. The summed E-state index contributed by atoms with van der Waals surface area (Å²) in [4.78, 5) is 19.6. The molecule has 0 aromatic carbocycles. The number of carbonyl (C=O) groups excluding carboxylic acids is 1. The summed E-state index contributed by atoms with van der Waals surface area (Å²) in [6.07, 6.45) is 1.82. The Balaban J connectivity index is 2.24. The smallest absolute Gasteiger partial charge is 0.311 e. The van der Waals surface area contributed by atoms with E-state index < -0.39 is 0 Å². The zero-order valence-electron chi connectivity index (χ0n) is 9.01. The molecule has 0 bridgehead atoms. The summed E-state index contributed by atoms with van der Waals surface area (Å²) in [5, 5.41) is 3.05. The Morgan fingerprint density at radius 2 is 2.41 bits per heavy atom. The molecule has 0 N–H and O–H groups in total. The van der Waals surface area contributed by atoms with Gasteiger partial charge in [0.25, 0.3) is 0 Å². The fourth-order valence-electron chi connectivity index (χ4n) is 1.26. The lowest BCUT2D eigenvalue weighted by molar-refractivity contribution is -0.139. The Bertz CT molecular complexity index is 542. The Kier molecular flexibility index (Phi) is 3.71. The van der Waals surface area contributed by atoms with E-state index >= 15 is 0 Å². The number of hydrogen-bond acceptors (Lipinski definition) is 5. The average Bonchev–Trinajstić information content (AvgIpc) is 2.78. The second-order valence-electron chi connectivity index (χ2n) is 3.23. The molecule has 0 radical (unpaired) electrons. The van der Waals surface area contributed by atoms with Gasteiger partial charge in [0, 0.05) is 11.6 Å². The molecule has 0 spiro atoms. The van der Waals surface area contributed by atoms with E-state index in [2.05, 4.69) is 14.7 Å². The summed E-state index contributed by atoms with van der Waals surface area (Å²) in [6, 6.07) is 3.51. The number of ether oxygens (including phenoxy) is 1. The Morgan fingerprint density at radius 3 is 3.12 bits per heavy atom. The van der Waals surface area contributed by atoms with Crippen LogP contribution in [0, 0.1) is 0 Å². The van der Waals surface area contributed by atoms with Crippen molar-refractivity contribution in [1.82, 2.24) is 9.97 Å². The van der Waals surface area contributed by atoms with E-state index in [4.69, 9.17) is 11.6 Å². The van der Waals surface area contributed by atoms with Crippen molar-refractivity contribution >= 4 is 28.9 Å². The molecule has 0 amide bonds. The minimum absolute atomic E-state index is 0.164. The molecular formula is C11H9ClN2O2S. The van der Waals surface area contributed by atoms with Crippen LogP contribution in [-0.2, 0) is 16.0 Å². The number of halogens is 1. The summed E-state index contributed by atoms with van der Waals surface area (Å²) in [5.74, 6) is -0.311. The van der Waals surface area contributed by atoms with Gasteiger partial charge in [-0.1, -0.05) is 11.6 Å². The Morgan fingerprint density at radius 1 is 1.59 bits per heavy atom. The molecule has 2 heterocycles. The SMILES string of the molecule is COC(=O)Cc1csc(-c2ncccc2Cl)n1. The summed E-state index contributed by atoms with van der Waals surface area (Å²) < 4.78 is 4.58. The number of carbonyl (C=O) groups is 1. The van der Waals surface area contributed by atoms with Crippen LogP contribution in [0.2, 0.25) is 5.02 Å². The standard InChI is InChI=1S/C11H9ClN2O2S/c1-16-9(15)5-7-6-17-11(14-7)10-8(12)3-2-4-13-10/h2-4,6H,5H2,1H3. The maximum absolute atomic E-state index is 11.1. The molecule has 0 aliphatic carbocycles. The lowest BCUT2D eigenvalue weighted by atomic mass is 10.3. The molecule has 0 aliphatic heterocycles. The average molecular weight is 269 g/mol. The van der Waals surface area contributed by atoms with Crippen LogP contribution in [-0.4, -0.2) is 23.0 Å². The van der Waals surface area contributed by atoms with Crippen LogP contribution in [0.4, 0.5) is 0 Å². The van der Waals surface area contributed by atoms with Crippen molar-refractivity contribution in [3.8, 4) is 10.7 Å². The van der Waals surface area contributed by atoms with Gasteiger partial charge in [-0.05, 0) is 12.1 Å². The highest BCUT2D eigenvalue weighted by Gasteiger charge is 2.11. The number of thiazole rings is 1. The third-order valence-electron chi connectivity index (χ3n) is 2.07. The number of rotatable bonds is 3. The molecule has 2 rings (SSSR count). The predicted molar refractivity (Wildman–Crippen MR) is 66.1 cm³/mol. The summed E-state index contributed by atoms with van der Waals surface area (Å²) in [6.45, 7) is 0. The molecular weight excluding hydrogens is 260 g/mol. The van der Waals surface area contributed by atoms with Crippen LogP contribution in [0.3, 0.4) is 0 Å². The van der Waals surface area contributed by atoms with Crippen LogP contribution < -0.4 is 0 Å². The number of pyridine rings is 1. The molecule has 2 aromatic heterocycles. The first-order chi connectivity index (χ1) is 8.20. The van der Waals surface area contributed by atoms with Crippen molar-refractivity contribution in [1.29, 1.82) is 0 Å². The lowest BCUT2D eigenvalue weighted by Gasteiger charge is -1.97. The monoisotopic (exact) mass is 268 g/mol. The van der Waals surface area contributed by atoms with Gasteiger partial charge in [-0.3, -0.25) is 9.78 Å². The quantitative estimate of drug-likeness (QED) is 0.803. The van der Waals surface area contributed by atoms with Gasteiger partial charge in [0.15, 0.2) is 0 Å². The lowest BCUT2D eigenvalue weighted by Crippen LogP contribution is -2.04. The molecule has 4 nitrogen and oxygen atoms in total. The van der Waals surface area contributed by atoms with Crippen molar-refractivity contribution in [2.75, 3.05) is 7.11 Å². The molecule has 0 aliphatic rings. The molecule has 6 heteroatoms. The maximum atomic E-state index is 11.1. The van der Waals surface area contributed by atoms with Crippen LogP contribution in [0.5, 0.6) is 0 Å². The van der Waals surface area contributed by atoms with Gasteiger partial charge in [-0.2, -0.15) is 0 Å². The molecule has 0 saturated heterocycles. The molecule has 88 valence electrons. The molecule has 0 unspecified atom stereocenters. The fraction of sp³-hybridized carbons (Fsp3) is 0.182. The van der Waals surface area contributed by atoms with Gasteiger partial charge in [-0.25, -0.2) is 4.98 Å². The van der Waals surface area contributed by atoms with E-state index in [1.807, 2.05) is 0 Å². The van der Waals surface area contributed by atoms with E-state index in [-0.39, 0.29) is 12.4 Å². The largest absolute Gasteiger partial charge is 0.469 e. The minimum Gasteiger partial charge on any atom is -0.469 e. The second-order valence-corrected chi connectivity index (χ2v) is 4.50. The van der Waals surface area contributed by atoms with Gasteiger partial charge >= 0.3 is 5.97 Å². The number of esters is 1. The highest BCUT2D eigenvalue weighted by Crippen LogP contribution is 2.28. The van der Waals surface area contributed by atoms with Crippen LogP contribution in [0.1, 0.15) is 5.69 Å². The van der Waals surface area contributed by atoms with E-state index in [0.717, 1.165) is 0 Å². The van der Waals surface area contributed by atoms with Gasteiger partial charge in [0.1, 0.15) is 10.7 Å². The number of nitrogens with zero attached hydrogens (tertiary/aromatic N) is 2. The normalized spacial score (nSPS) is 10.2. The highest BCUT2D eigenvalue weighted by molar-refractivity contribution is 7.13. The van der Waals surface area contributed by atoms with E-state index in [1.165, 1.54) is 18.4 Å². The molecule has 0 atom stereocenters. The van der Waals surface area contributed by atoms with Gasteiger partial charge in [-0.15, -0.1) is 11.3 Å². The minimum atomic E-state index is -0.311. The first-order valence-electron chi connectivity index (χ1n) is 4.83. The molecule has 17 heavy (non-hydrogen) atoms. The second kappa shape index (κ2) is 5.25. The molecule has 2 aromatic rings. The first kappa shape index (κ1) is 12.0. The summed E-state index contributed by atoms with van der Waals surface area (Å²) in [5.41, 5.74) is 1.30. The summed E-state index contributed by atoms with van der Waals surface area (Å²) in [7, 11) is 1.35. The Labute approximate surface area is 107 Å². The number of hydrogen-bond donors (Lipinski definition) is 0.